The van der Waals surface area contributed by atoms with E-state index in [1.807, 2.05) is 19.1 Å². The Morgan fingerprint density at radius 3 is 2.95 bits per heavy atom. The average molecular weight is 276 g/mol. The van der Waals surface area contributed by atoms with Crippen LogP contribution >= 0.6 is 11.3 Å². The van der Waals surface area contributed by atoms with Crippen molar-refractivity contribution in [3.8, 4) is 5.75 Å². The highest BCUT2D eigenvalue weighted by Crippen LogP contribution is 2.18. The lowest BCUT2D eigenvalue weighted by Gasteiger charge is -2.14. The van der Waals surface area contributed by atoms with Crippen molar-refractivity contribution in [1.29, 1.82) is 0 Å². The van der Waals surface area contributed by atoms with E-state index in [9.17, 15) is 0 Å². The smallest absolute Gasteiger partial charge is 0.119 e. The number of ether oxygens (including phenoxy) is 1. The number of rotatable bonds is 6. The Labute approximate surface area is 118 Å². The Balaban J connectivity index is 1.85. The Hall–Kier alpha value is -1.39. The number of benzene rings is 1. The van der Waals surface area contributed by atoms with Crippen LogP contribution in [-0.2, 0) is 6.42 Å². The van der Waals surface area contributed by atoms with Gasteiger partial charge in [0, 0.05) is 30.1 Å². The van der Waals surface area contributed by atoms with Crippen LogP contribution in [0.1, 0.15) is 29.2 Å². The summed E-state index contributed by atoms with van der Waals surface area (Å²) < 4.78 is 5.25. The summed E-state index contributed by atoms with van der Waals surface area (Å²) in [4.78, 5) is 4.47. The van der Waals surface area contributed by atoms with Gasteiger partial charge in [0.05, 0.1) is 12.1 Å². The molecular formula is C15H20N2OS. The maximum Gasteiger partial charge on any atom is 0.119 e. The molecule has 0 bridgehead atoms. The molecule has 0 aliphatic carbocycles. The van der Waals surface area contributed by atoms with E-state index in [-0.39, 0.29) is 0 Å². The molecule has 19 heavy (non-hydrogen) atoms. The van der Waals surface area contributed by atoms with E-state index < -0.39 is 0 Å². The Bertz CT molecular complexity index is 524. The summed E-state index contributed by atoms with van der Waals surface area (Å²) in [5.41, 5.74) is 2.36. The summed E-state index contributed by atoms with van der Waals surface area (Å²) >= 11 is 1.73. The summed E-state index contributed by atoms with van der Waals surface area (Å²) in [7, 11) is 1.70. The number of aromatic nitrogens is 1. The number of methoxy groups -OCH3 is 1. The molecule has 1 aromatic heterocycles. The minimum Gasteiger partial charge on any atom is -0.497 e. The lowest BCUT2D eigenvalue weighted by molar-refractivity contribution is 0.413. The van der Waals surface area contributed by atoms with Gasteiger partial charge in [0.2, 0.25) is 0 Å². The number of aryl methyl sites for hydroxylation is 1. The largest absolute Gasteiger partial charge is 0.497 e. The monoisotopic (exact) mass is 276 g/mol. The number of nitrogens with zero attached hydrogens (tertiary/aromatic N) is 1. The molecule has 1 N–H and O–H groups in total. The van der Waals surface area contributed by atoms with E-state index in [4.69, 9.17) is 4.74 Å². The van der Waals surface area contributed by atoms with Crippen LogP contribution in [0.4, 0.5) is 0 Å². The fraction of sp³-hybridized carbons (Fsp3) is 0.400. The van der Waals surface area contributed by atoms with Gasteiger partial charge < -0.3 is 10.1 Å². The number of thiazole rings is 1. The van der Waals surface area contributed by atoms with Crippen molar-refractivity contribution in [2.45, 2.75) is 26.3 Å². The molecule has 0 fully saturated rings. The van der Waals surface area contributed by atoms with Gasteiger partial charge in [0.15, 0.2) is 0 Å². The topological polar surface area (TPSA) is 34.1 Å². The molecule has 2 aromatic rings. The second-order valence-corrected chi connectivity index (χ2v) is 5.53. The van der Waals surface area contributed by atoms with Crippen LogP contribution in [0.2, 0.25) is 0 Å². The molecule has 1 atom stereocenters. The third-order valence-electron chi connectivity index (χ3n) is 3.05. The maximum absolute atomic E-state index is 5.25. The average Bonchev–Trinajstić information content (AvgIpc) is 2.84. The van der Waals surface area contributed by atoms with E-state index in [1.54, 1.807) is 18.4 Å². The van der Waals surface area contributed by atoms with Crippen molar-refractivity contribution < 1.29 is 4.74 Å². The van der Waals surface area contributed by atoms with Crippen LogP contribution in [0.15, 0.2) is 29.6 Å². The molecule has 0 saturated heterocycles. The summed E-state index contributed by atoms with van der Waals surface area (Å²) in [5.74, 6) is 0.904. The van der Waals surface area contributed by atoms with Gasteiger partial charge in [-0.2, -0.15) is 0 Å². The van der Waals surface area contributed by atoms with E-state index in [0.29, 0.717) is 6.04 Å². The van der Waals surface area contributed by atoms with E-state index >= 15 is 0 Å². The van der Waals surface area contributed by atoms with Gasteiger partial charge in [-0.3, -0.25) is 0 Å². The van der Waals surface area contributed by atoms with Crippen LogP contribution in [0, 0.1) is 6.92 Å². The van der Waals surface area contributed by atoms with Gasteiger partial charge in [0.25, 0.3) is 0 Å². The quantitative estimate of drug-likeness (QED) is 0.878. The number of nitrogens with one attached hydrogen (secondary N) is 1. The first-order valence-corrected chi connectivity index (χ1v) is 7.35. The van der Waals surface area contributed by atoms with Gasteiger partial charge >= 0.3 is 0 Å². The molecule has 1 heterocycles. The van der Waals surface area contributed by atoms with Crippen molar-refractivity contribution in [2.75, 3.05) is 13.7 Å². The Morgan fingerprint density at radius 1 is 1.42 bits per heavy atom. The van der Waals surface area contributed by atoms with E-state index in [0.717, 1.165) is 24.4 Å². The van der Waals surface area contributed by atoms with Crippen molar-refractivity contribution in [3.63, 3.8) is 0 Å². The molecular weight excluding hydrogens is 256 g/mol. The van der Waals surface area contributed by atoms with Crippen molar-refractivity contribution in [1.82, 2.24) is 10.3 Å². The predicted octanol–water partition coefficient (Wildman–Crippen LogP) is 3.35. The molecule has 0 saturated carbocycles. The van der Waals surface area contributed by atoms with Crippen molar-refractivity contribution in [2.24, 2.45) is 0 Å². The van der Waals surface area contributed by atoms with Gasteiger partial charge in [0.1, 0.15) is 5.75 Å². The van der Waals surface area contributed by atoms with E-state index in [1.165, 1.54) is 10.6 Å². The first kappa shape index (κ1) is 14.0. The Morgan fingerprint density at radius 2 is 2.26 bits per heavy atom. The highest BCUT2D eigenvalue weighted by molar-refractivity contribution is 7.09. The molecule has 102 valence electrons. The predicted molar refractivity (Wildman–Crippen MR) is 80.0 cm³/mol. The first-order chi connectivity index (χ1) is 9.19. The van der Waals surface area contributed by atoms with Gasteiger partial charge in [-0.1, -0.05) is 12.1 Å². The zero-order valence-corrected chi connectivity index (χ0v) is 12.5. The Kier molecular flexibility index (Phi) is 4.93. The molecule has 4 heteroatoms. The van der Waals surface area contributed by atoms with Crippen LogP contribution < -0.4 is 10.1 Å². The number of hydrogen-bond donors (Lipinski definition) is 1. The third kappa shape index (κ3) is 4.04. The SMILES string of the molecule is COc1cccc(C(C)NCCc2nc(C)cs2)c1. The molecule has 0 amide bonds. The van der Waals surface area contributed by atoms with Crippen LogP contribution in [0.3, 0.4) is 0 Å². The summed E-state index contributed by atoms with van der Waals surface area (Å²) in [5, 5.41) is 6.81. The molecule has 3 nitrogen and oxygen atoms in total. The third-order valence-corrected chi connectivity index (χ3v) is 4.08. The second kappa shape index (κ2) is 6.68. The minimum atomic E-state index is 0.316. The summed E-state index contributed by atoms with van der Waals surface area (Å²) in [6.07, 6.45) is 0.979. The molecule has 1 unspecified atom stereocenters. The zero-order valence-electron chi connectivity index (χ0n) is 11.6. The van der Waals surface area contributed by atoms with Gasteiger partial charge in [-0.15, -0.1) is 11.3 Å². The van der Waals surface area contributed by atoms with Crippen molar-refractivity contribution >= 4 is 11.3 Å². The van der Waals surface area contributed by atoms with Crippen molar-refractivity contribution in [3.05, 3.63) is 45.9 Å². The number of hydrogen-bond acceptors (Lipinski definition) is 4. The highest BCUT2D eigenvalue weighted by atomic mass is 32.1. The summed E-state index contributed by atoms with van der Waals surface area (Å²) in [6, 6.07) is 8.50. The standard InChI is InChI=1S/C15H20N2OS/c1-11-10-19-15(17-11)7-8-16-12(2)13-5-4-6-14(9-13)18-3/h4-6,9-10,12,16H,7-8H2,1-3H3. The summed E-state index contributed by atoms with van der Waals surface area (Å²) in [6.45, 7) is 5.14. The lowest BCUT2D eigenvalue weighted by atomic mass is 10.1. The highest BCUT2D eigenvalue weighted by Gasteiger charge is 2.06. The molecule has 0 aliphatic heterocycles. The molecule has 2 rings (SSSR count). The van der Waals surface area contributed by atoms with Crippen LogP contribution in [0.5, 0.6) is 5.75 Å². The zero-order chi connectivity index (χ0) is 13.7. The van der Waals surface area contributed by atoms with Crippen LogP contribution in [0.25, 0.3) is 0 Å². The molecule has 0 radical (unpaired) electrons. The minimum absolute atomic E-state index is 0.316. The van der Waals surface area contributed by atoms with E-state index in [2.05, 4.69) is 34.7 Å². The fourth-order valence-electron chi connectivity index (χ4n) is 1.94. The lowest BCUT2D eigenvalue weighted by Crippen LogP contribution is -2.21. The first-order valence-electron chi connectivity index (χ1n) is 6.47. The molecule has 0 aliphatic rings. The van der Waals surface area contributed by atoms with Crippen LogP contribution in [-0.4, -0.2) is 18.6 Å². The molecule has 0 spiro atoms. The normalized spacial score (nSPS) is 12.4. The molecule has 1 aromatic carbocycles. The maximum atomic E-state index is 5.25. The van der Waals surface area contributed by atoms with Gasteiger partial charge in [-0.25, -0.2) is 4.98 Å². The van der Waals surface area contributed by atoms with Gasteiger partial charge in [-0.05, 0) is 31.5 Å². The fourth-order valence-corrected chi connectivity index (χ4v) is 2.72. The second-order valence-electron chi connectivity index (χ2n) is 4.59.